The summed E-state index contributed by atoms with van der Waals surface area (Å²) in [5, 5.41) is 3.02. The fourth-order valence-electron chi connectivity index (χ4n) is 1.97. The van der Waals surface area contributed by atoms with Crippen molar-refractivity contribution in [3.05, 3.63) is 29.8 Å². The molecular formula is C11H14F2N2O2S. The second-order valence-corrected chi connectivity index (χ2v) is 5.87. The fraction of sp³-hybridized carbons (Fsp3) is 0.455. The van der Waals surface area contributed by atoms with Crippen molar-refractivity contribution in [2.75, 3.05) is 13.1 Å². The average Bonchev–Trinajstić information content (AvgIpc) is 2.28. The van der Waals surface area contributed by atoms with Gasteiger partial charge < -0.3 is 5.32 Å². The quantitative estimate of drug-likeness (QED) is 0.866. The van der Waals surface area contributed by atoms with Gasteiger partial charge in [-0.1, -0.05) is 6.07 Å². The summed E-state index contributed by atoms with van der Waals surface area (Å²) in [6.07, 6.45) is 1.48. The first-order chi connectivity index (χ1) is 8.50. The van der Waals surface area contributed by atoms with E-state index in [1.165, 1.54) is 0 Å². The van der Waals surface area contributed by atoms with Crippen molar-refractivity contribution in [2.45, 2.75) is 23.8 Å². The maximum Gasteiger partial charge on any atom is 0.246 e. The van der Waals surface area contributed by atoms with Crippen LogP contribution in [0.3, 0.4) is 0 Å². The summed E-state index contributed by atoms with van der Waals surface area (Å²) in [6, 6.07) is 2.65. The molecule has 1 aliphatic rings. The highest BCUT2D eigenvalue weighted by molar-refractivity contribution is 7.89. The molecule has 1 fully saturated rings. The van der Waals surface area contributed by atoms with Crippen LogP contribution in [0.15, 0.2) is 23.1 Å². The van der Waals surface area contributed by atoms with Crippen molar-refractivity contribution in [2.24, 2.45) is 0 Å². The van der Waals surface area contributed by atoms with E-state index >= 15 is 0 Å². The molecule has 0 unspecified atom stereocenters. The summed E-state index contributed by atoms with van der Waals surface area (Å²) in [6.45, 7) is 1.29. The molecule has 0 bridgehead atoms. The molecule has 0 amide bonds. The van der Waals surface area contributed by atoms with E-state index in [1.807, 2.05) is 0 Å². The summed E-state index contributed by atoms with van der Waals surface area (Å²) in [5.41, 5.74) is 0. The topological polar surface area (TPSA) is 58.2 Å². The highest BCUT2D eigenvalue weighted by atomic mass is 32.2. The number of nitrogens with one attached hydrogen (secondary N) is 2. The van der Waals surface area contributed by atoms with Crippen molar-refractivity contribution in [3.8, 4) is 0 Å². The van der Waals surface area contributed by atoms with Crippen molar-refractivity contribution in [1.82, 2.24) is 10.0 Å². The maximum atomic E-state index is 13.4. The third-order valence-corrected chi connectivity index (χ3v) is 4.38. The Morgan fingerprint density at radius 3 is 2.50 bits per heavy atom. The van der Waals surface area contributed by atoms with E-state index in [4.69, 9.17) is 0 Å². The smallest absolute Gasteiger partial charge is 0.246 e. The van der Waals surface area contributed by atoms with E-state index in [2.05, 4.69) is 10.0 Å². The molecule has 2 N–H and O–H groups in total. The summed E-state index contributed by atoms with van der Waals surface area (Å²) in [4.78, 5) is -0.907. The van der Waals surface area contributed by atoms with E-state index in [-0.39, 0.29) is 6.04 Å². The predicted molar refractivity (Wildman–Crippen MR) is 62.6 cm³/mol. The Kier molecular flexibility index (Phi) is 3.94. The van der Waals surface area contributed by atoms with E-state index in [0.29, 0.717) is 13.0 Å². The second kappa shape index (κ2) is 5.29. The van der Waals surface area contributed by atoms with E-state index in [9.17, 15) is 17.2 Å². The lowest BCUT2D eigenvalue weighted by Gasteiger charge is -2.23. The monoisotopic (exact) mass is 276 g/mol. The van der Waals surface area contributed by atoms with Gasteiger partial charge in [-0.3, -0.25) is 0 Å². The Hall–Kier alpha value is -1.05. The lowest BCUT2D eigenvalue weighted by Crippen LogP contribution is -2.45. The van der Waals surface area contributed by atoms with Gasteiger partial charge in [0, 0.05) is 12.6 Å². The minimum Gasteiger partial charge on any atom is -0.315 e. The van der Waals surface area contributed by atoms with Gasteiger partial charge in [-0.15, -0.1) is 0 Å². The van der Waals surface area contributed by atoms with Gasteiger partial charge >= 0.3 is 0 Å². The van der Waals surface area contributed by atoms with E-state index in [0.717, 1.165) is 31.2 Å². The molecule has 1 saturated heterocycles. The first-order valence-electron chi connectivity index (χ1n) is 5.68. The number of benzene rings is 1. The van der Waals surface area contributed by atoms with Crippen LogP contribution in [0.2, 0.25) is 0 Å². The molecule has 0 aromatic heterocycles. The van der Waals surface area contributed by atoms with Crippen LogP contribution in [0.1, 0.15) is 12.8 Å². The molecule has 7 heteroatoms. The lowest BCUT2D eigenvalue weighted by atomic mass is 10.1. The standard InChI is InChI=1S/C11H14F2N2O2S/c12-9-4-1-5-10(13)11(9)18(16,17)15-8-3-2-6-14-7-8/h1,4-5,8,14-15H,2-3,6-7H2/t8-/m0/s1. The highest BCUT2D eigenvalue weighted by Gasteiger charge is 2.27. The van der Waals surface area contributed by atoms with Crippen LogP contribution in [0, 0.1) is 11.6 Å². The molecule has 0 spiro atoms. The van der Waals surface area contributed by atoms with Gasteiger partial charge in [0.2, 0.25) is 10.0 Å². The van der Waals surface area contributed by atoms with Gasteiger partial charge in [0.05, 0.1) is 0 Å². The molecule has 0 saturated carbocycles. The third kappa shape index (κ3) is 2.85. The van der Waals surface area contributed by atoms with Crippen molar-refractivity contribution in [1.29, 1.82) is 0 Å². The molecule has 1 heterocycles. The van der Waals surface area contributed by atoms with Crippen LogP contribution in [-0.2, 0) is 10.0 Å². The molecule has 1 aromatic rings. The van der Waals surface area contributed by atoms with Gasteiger partial charge in [0.15, 0.2) is 4.90 Å². The van der Waals surface area contributed by atoms with Gasteiger partial charge in [-0.2, -0.15) is 0 Å². The normalized spacial score (nSPS) is 20.9. The van der Waals surface area contributed by atoms with E-state index < -0.39 is 26.6 Å². The highest BCUT2D eigenvalue weighted by Crippen LogP contribution is 2.19. The molecule has 4 nitrogen and oxygen atoms in total. The van der Waals surface area contributed by atoms with E-state index in [1.54, 1.807) is 0 Å². The molecular weight excluding hydrogens is 262 g/mol. The Morgan fingerprint density at radius 2 is 1.94 bits per heavy atom. The molecule has 18 heavy (non-hydrogen) atoms. The van der Waals surface area contributed by atoms with Crippen molar-refractivity contribution < 1.29 is 17.2 Å². The summed E-state index contributed by atoms with van der Waals surface area (Å²) < 4.78 is 53.0. The number of piperidine rings is 1. The average molecular weight is 276 g/mol. The Bertz CT molecular complexity index is 508. The second-order valence-electron chi connectivity index (χ2n) is 4.22. The van der Waals surface area contributed by atoms with Crippen LogP contribution < -0.4 is 10.0 Å². The molecule has 1 aromatic carbocycles. The molecule has 100 valence electrons. The van der Waals surface area contributed by atoms with Crippen LogP contribution >= 0.6 is 0 Å². The van der Waals surface area contributed by atoms with Gasteiger partial charge in [-0.05, 0) is 31.5 Å². The van der Waals surface area contributed by atoms with Crippen LogP contribution in [-0.4, -0.2) is 27.5 Å². The van der Waals surface area contributed by atoms with Crippen LogP contribution in [0.25, 0.3) is 0 Å². The van der Waals surface area contributed by atoms with Crippen molar-refractivity contribution >= 4 is 10.0 Å². The lowest BCUT2D eigenvalue weighted by molar-refractivity contribution is 0.425. The number of hydrogen-bond acceptors (Lipinski definition) is 3. The molecule has 1 atom stereocenters. The minimum atomic E-state index is -4.16. The Morgan fingerprint density at radius 1 is 1.28 bits per heavy atom. The zero-order valence-corrected chi connectivity index (χ0v) is 10.4. The first-order valence-corrected chi connectivity index (χ1v) is 7.16. The van der Waals surface area contributed by atoms with Crippen molar-refractivity contribution in [3.63, 3.8) is 0 Å². The molecule has 1 aliphatic heterocycles. The summed E-state index contributed by atoms with van der Waals surface area (Å²) >= 11 is 0. The summed E-state index contributed by atoms with van der Waals surface area (Å²) in [5.74, 6) is -2.16. The van der Waals surface area contributed by atoms with Crippen LogP contribution in [0.5, 0.6) is 0 Å². The SMILES string of the molecule is O=S(=O)(N[C@H]1CCCNC1)c1c(F)cccc1F. The zero-order chi connectivity index (χ0) is 13.2. The fourth-order valence-corrected chi connectivity index (χ4v) is 3.38. The Balaban J connectivity index is 2.25. The largest absolute Gasteiger partial charge is 0.315 e. The zero-order valence-electron chi connectivity index (χ0n) is 9.62. The maximum absolute atomic E-state index is 13.4. The number of halogens is 2. The third-order valence-electron chi connectivity index (χ3n) is 2.81. The predicted octanol–water partition coefficient (Wildman–Crippen LogP) is 0.995. The summed E-state index contributed by atoms with van der Waals surface area (Å²) in [7, 11) is -4.16. The van der Waals surface area contributed by atoms with Gasteiger partial charge in [0.25, 0.3) is 0 Å². The van der Waals surface area contributed by atoms with Gasteiger partial charge in [-0.25, -0.2) is 21.9 Å². The van der Waals surface area contributed by atoms with Crippen LogP contribution in [0.4, 0.5) is 8.78 Å². The van der Waals surface area contributed by atoms with Gasteiger partial charge in [0.1, 0.15) is 11.6 Å². The minimum absolute atomic E-state index is 0.331. The Labute approximate surface area is 104 Å². The first kappa shape index (κ1) is 13.4. The number of sulfonamides is 1. The number of rotatable bonds is 3. The molecule has 0 aliphatic carbocycles. The number of hydrogen-bond donors (Lipinski definition) is 2. The molecule has 2 rings (SSSR count). The molecule has 0 radical (unpaired) electrons.